The lowest BCUT2D eigenvalue weighted by Crippen LogP contribution is -2.30. The summed E-state index contributed by atoms with van der Waals surface area (Å²) in [4.78, 5) is 37.8. The quantitative estimate of drug-likeness (QED) is 0.0347. The Morgan fingerprint density at radius 3 is 0.929 bits per heavy atom. The minimum absolute atomic E-state index is 0.0646. The molecule has 0 amide bonds. The molecule has 0 bridgehead atoms. The number of rotatable bonds is 44. The molecule has 0 N–H and O–H groups in total. The van der Waals surface area contributed by atoms with Gasteiger partial charge in [0.15, 0.2) is 6.10 Å². The lowest BCUT2D eigenvalue weighted by molar-refractivity contribution is -0.167. The number of ether oxygens (including phenoxy) is 3. The summed E-state index contributed by atoms with van der Waals surface area (Å²) in [6.45, 7) is 11.4. The number of carbonyl (C=O) groups excluding carboxylic acids is 3. The molecule has 3 atom stereocenters. The van der Waals surface area contributed by atoms with Gasteiger partial charge in [-0.1, -0.05) is 234 Å². The monoisotopic (exact) mass is 793 g/mol. The zero-order chi connectivity index (χ0) is 41.2. The van der Waals surface area contributed by atoms with Crippen molar-refractivity contribution in [3.05, 3.63) is 0 Å². The van der Waals surface area contributed by atoms with Crippen LogP contribution in [0.15, 0.2) is 0 Å². The minimum atomic E-state index is -0.762. The summed E-state index contributed by atoms with van der Waals surface area (Å²) >= 11 is 0. The second-order valence-electron chi connectivity index (χ2n) is 17.6. The van der Waals surface area contributed by atoms with Crippen molar-refractivity contribution in [3.8, 4) is 0 Å². The number of carbonyl (C=O) groups is 3. The van der Waals surface area contributed by atoms with Crippen molar-refractivity contribution in [1.82, 2.24) is 0 Å². The fourth-order valence-corrected chi connectivity index (χ4v) is 7.39. The molecule has 0 radical (unpaired) electrons. The molecule has 0 aromatic carbocycles. The molecule has 0 aliphatic carbocycles. The molecule has 0 aromatic rings. The largest absolute Gasteiger partial charge is 0.462 e. The summed E-state index contributed by atoms with van der Waals surface area (Å²) in [5.41, 5.74) is 0. The lowest BCUT2D eigenvalue weighted by atomic mass is 9.99. The van der Waals surface area contributed by atoms with Crippen LogP contribution in [0.1, 0.15) is 272 Å². The van der Waals surface area contributed by atoms with E-state index < -0.39 is 6.10 Å². The average molecular weight is 793 g/mol. The van der Waals surface area contributed by atoms with E-state index in [0.29, 0.717) is 19.3 Å². The third-order valence-electron chi connectivity index (χ3n) is 11.9. The van der Waals surface area contributed by atoms with E-state index in [1.165, 1.54) is 161 Å². The van der Waals surface area contributed by atoms with Crippen molar-refractivity contribution in [1.29, 1.82) is 0 Å². The van der Waals surface area contributed by atoms with Gasteiger partial charge in [-0.3, -0.25) is 14.4 Å². The van der Waals surface area contributed by atoms with Crippen molar-refractivity contribution >= 4 is 17.9 Å². The van der Waals surface area contributed by atoms with Gasteiger partial charge in [0.05, 0.1) is 0 Å². The first-order chi connectivity index (χ1) is 27.3. The fraction of sp³-hybridized carbons (Fsp3) is 0.940. The van der Waals surface area contributed by atoms with Gasteiger partial charge in [0.25, 0.3) is 0 Å². The Balaban J connectivity index is 4.34. The molecule has 2 unspecified atom stereocenters. The maximum absolute atomic E-state index is 12.7. The SMILES string of the molecule is CCCCCCCCCCCCCCCCC(=O)OC[C@H](COC(=O)CCCCCCCCCCC(C)CC)OC(=O)CCCCCCCCCCC(C)CC. The number of unbranched alkanes of at least 4 members (excludes halogenated alkanes) is 27. The van der Waals surface area contributed by atoms with Crippen LogP contribution in [-0.4, -0.2) is 37.2 Å². The standard InChI is InChI=1S/C50H96O6/c1-6-9-10-11-12-13-14-15-16-17-18-25-30-35-40-48(51)54-43-47(56-50(53)42-37-32-27-22-20-24-29-34-39-46(5)8-3)44-55-49(52)41-36-31-26-21-19-23-28-33-38-45(4)7-2/h45-47H,6-44H2,1-5H3/t45?,46?,47-/m1/s1. The summed E-state index contributed by atoms with van der Waals surface area (Å²) in [6, 6.07) is 0. The van der Waals surface area contributed by atoms with Gasteiger partial charge in [-0.15, -0.1) is 0 Å². The Morgan fingerprint density at radius 1 is 0.357 bits per heavy atom. The molecule has 6 heteroatoms. The van der Waals surface area contributed by atoms with Crippen molar-refractivity contribution in [3.63, 3.8) is 0 Å². The minimum Gasteiger partial charge on any atom is -0.462 e. The van der Waals surface area contributed by atoms with Crippen LogP contribution in [-0.2, 0) is 28.6 Å². The summed E-state index contributed by atoms with van der Waals surface area (Å²) in [6.07, 6.45) is 42.2. The van der Waals surface area contributed by atoms with E-state index in [0.717, 1.165) is 69.6 Å². The molecule has 0 spiro atoms. The second-order valence-corrected chi connectivity index (χ2v) is 17.6. The van der Waals surface area contributed by atoms with E-state index >= 15 is 0 Å². The van der Waals surface area contributed by atoms with E-state index in [2.05, 4.69) is 34.6 Å². The first-order valence-corrected chi connectivity index (χ1v) is 24.8. The van der Waals surface area contributed by atoms with Gasteiger partial charge in [-0.05, 0) is 31.1 Å². The van der Waals surface area contributed by atoms with Crippen molar-refractivity contribution in [2.24, 2.45) is 11.8 Å². The Morgan fingerprint density at radius 2 is 0.625 bits per heavy atom. The first-order valence-electron chi connectivity index (χ1n) is 24.8. The summed E-state index contributed by atoms with van der Waals surface area (Å²) in [7, 11) is 0. The van der Waals surface area contributed by atoms with E-state index in [1.807, 2.05) is 0 Å². The van der Waals surface area contributed by atoms with Gasteiger partial charge in [-0.2, -0.15) is 0 Å². The van der Waals surface area contributed by atoms with Crippen molar-refractivity contribution in [2.45, 2.75) is 278 Å². The highest BCUT2D eigenvalue weighted by molar-refractivity contribution is 5.71. The van der Waals surface area contributed by atoms with Crippen LogP contribution >= 0.6 is 0 Å². The van der Waals surface area contributed by atoms with Crippen LogP contribution in [0.25, 0.3) is 0 Å². The van der Waals surface area contributed by atoms with Gasteiger partial charge in [-0.25, -0.2) is 0 Å². The third kappa shape index (κ3) is 40.6. The highest BCUT2D eigenvalue weighted by atomic mass is 16.6. The maximum atomic E-state index is 12.7. The van der Waals surface area contributed by atoms with E-state index in [4.69, 9.17) is 14.2 Å². The van der Waals surface area contributed by atoms with Crippen LogP contribution in [0.4, 0.5) is 0 Å². The van der Waals surface area contributed by atoms with E-state index in [9.17, 15) is 14.4 Å². The molecular formula is C50H96O6. The lowest BCUT2D eigenvalue weighted by Gasteiger charge is -2.18. The van der Waals surface area contributed by atoms with E-state index in [1.54, 1.807) is 0 Å². The number of hydrogen-bond donors (Lipinski definition) is 0. The predicted octanol–water partition coefficient (Wildman–Crippen LogP) is 15.8. The summed E-state index contributed by atoms with van der Waals surface area (Å²) in [5.74, 6) is 0.839. The van der Waals surface area contributed by atoms with Crippen LogP contribution in [0.2, 0.25) is 0 Å². The summed E-state index contributed by atoms with van der Waals surface area (Å²) in [5, 5.41) is 0. The van der Waals surface area contributed by atoms with Gasteiger partial charge in [0, 0.05) is 19.3 Å². The van der Waals surface area contributed by atoms with Crippen LogP contribution in [0, 0.1) is 11.8 Å². The zero-order valence-electron chi connectivity index (χ0n) is 38.3. The molecular weight excluding hydrogens is 697 g/mol. The first kappa shape index (κ1) is 54.4. The number of hydrogen-bond acceptors (Lipinski definition) is 6. The zero-order valence-corrected chi connectivity index (χ0v) is 38.3. The van der Waals surface area contributed by atoms with E-state index in [-0.39, 0.29) is 31.1 Å². The maximum Gasteiger partial charge on any atom is 0.306 e. The Bertz CT molecular complexity index is 858. The predicted molar refractivity (Wildman–Crippen MR) is 238 cm³/mol. The molecule has 0 aliphatic rings. The highest BCUT2D eigenvalue weighted by Gasteiger charge is 2.19. The summed E-state index contributed by atoms with van der Waals surface area (Å²) < 4.78 is 16.8. The molecule has 6 nitrogen and oxygen atoms in total. The molecule has 56 heavy (non-hydrogen) atoms. The smallest absolute Gasteiger partial charge is 0.306 e. The molecule has 0 saturated heterocycles. The van der Waals surface area contributed by atoms with Gasteiger partial charge in [0.1, 0.15) is 13.2 Å². The van der Waals surface area contributed by atoms with Crippen molar-refractivity contribution < 1.29 is 28.6 Å². The molecule has 0 heterocycles. The Kier molecular flexibility index (Phi) is 41.8. The highest BCUT2D eigenvalue weighted by Crippen LogP contribution is 2.18. The Labute approximate surface area is 348 Å². The number of esters is 3. The fourth-order valence-electron chi connectivity index (χ4n) is 7.39. The topological polar surface area (TPSA) is 78.9 Å². The average Bonchev–Trinajstić information content (AvgIpc) is 3.19. The molecule has 0 aliphatic heterocycles. The normalized spacial score (nSPS) is 13.0. The third-order valence-corrected chi connectivity index (χ3v) is 11.9. The van der Waals surface area contributed by atoms with Crippen LogP contribution in [0.3, 0.4) is 0 Å². The van der Waals surface area contributed by atoms with Crippen LogP contribution in [0.5, 0.6) is 0 Å². The molecule has 0 aromatic heterocycles. The van der Waals surface area contributed by atoms with Crippen LogP contribution < -0.4 is 0 Å². The van der Waals surface area contributed by atoms with Gasteiger partial charge >= 0.3 is 17.9 Å². The van der Waals surface area contributed by atoms with Crippen molar-refractivity contribution in [2.75, 3.05) is 13.2 Å². The Hall–Kier alpha value is -1.59. The second kappa shape index (κ2) is 43.0. The van der Waals surface area contributed by atoms with Gasteiger partial charge < -0.3 is 14.2 Å². The molecule has 0 fully saturated rings. The molecule has 332 valence electrons. The van der Waals surface area contributed by atoms with Gasteiger partial charge in [0.2, 0.25) is 0 Å². The molecule has 0 rings (SSSR count). The molecule has 0 saturated carbocycles.